The van der Waals surface area contributed by atoms with Crippen LogP contribution >= 0.6 is 15.9 Å². The number of rotatable bonds is 1. The summed E-state index contributed by atoms with van der Waals surface area (Å²) in [5.41, 5.74) is 1.92. The van der Waals surface area contributed by atoms with Gasteiger partial charge in [-0.05, 0) is 38.6 Å². The molecule has 1 atom stereocenters. The van der Waals surface area contributed by atoms with Gasteiger partial charge in [-0.1, -0.05) is 22.0 Å². The molecule has 4 heteroatoms. The second kappa shape index (κ2) is 5.41. The number of hydrogen-bond donors (Lipinski definition) is 0. The first-order valence-corrected chi connectivity index (χ1v) is 7.04. The fourth-order valence-electron chi connectivity index (χ4n) is 2.33. The molecule has 1 fully saturated rings. The van der Waals surface area contributed by atoms with Crippen LogP contribution in [-0.4, -0.2) is 48.4 Å². The van der Waals surface area contributed by atoms with Crippen molar-refractivity contribution in [2.45, 2.75) is 19.9 Å². The molecule has 1 unspecified atom stereocenters. The number of hydrogen-bond acceptors (Lipinski definition) is 2. The molecule has 1 saturated heterocycles. The van der Waals surface area contributed by atoms with E-state index in [2.05, 4.69) is 34.8 Å². The lowest BCUT2D eigenvalue weighted by atomic mass is 10.1. The van der Waals surface area contributed by atoms with Crippen LogP contribution in [0.5, 0.6) is 0 Å². The van der Waals surface area contributed by atoms with Gasteiger partial charge in [0.05, 0.1) is 0 Å². The van der Waals surface area contributed by atoms with Gasteiger partial charge in [0.25, 0.3) is 5.91 Å². The lowest BCUT2D eigenvalue weighted by Gasteiger charge is -2.38. The SMILES string of the molecule is Cc1ccc(C(=O)N2CCN(C)CC2C)cc1Br. The van der Waals surface area contributed by atoms with Crippen molar-refractivity contribution in [3.05, 3.63) is 33.8 Å². The number of amides is 1. The molecule has 0 N–H and O–H groups in total. The minimum Gasteiger partial charge on any atom is -0.333 e. The molecule has 1 aliphatic rings. The molecule has 0 spiro atoms. The maximum atomic E-state index is 12.5. The zero-order valence-corrected chi connectivity index (χ0v) is 12.7. The van der Waals surface area contributed by atoms with Crippen molar-refractivity contribution in [2.24, 2.45) is 0 Å². The van der Waals surface area contributed by atoms with E-state index in [-0.39, 0.29) is 11.9 Å². The molecule has 0 bridgehead atoms. The average Bonchev–Trinajstić information content (AvgIpc) is 2.32. The summed E-state index contributed by atoms with van der Waals surface area (Å²) in [7, 11) is 2.10. The zero-order chi connectivity index (χ0) is 13.3. The van der Waals surface area contributed by atoms with Crippen molar-refractivity contribution in [1.82, 2.24) is 9.80 Å². The molecule has 1 aromatic carbocycles. The highest BCUT2D eigenvalue weighted by Crippen LogP contribution is 2.20. The summed E-state index contributed by atoms with van der Waals surface area (Å²) in [6.07, 6.45) is 0. The number of likely N-dealkylation sites (N-methyl/N-ethyl adjacent to an activating group) is 1. The van der Waals surface area contributed by atoms with Crippen LogP contribution in [0.4, 0.5) is 0 Å². The quantitative estimate of drug-likeness (QED) is 0.796. The van der Waals surface area contributed by atoms with E-state index < -0.39 is 0 Å². The van der Waals surface area contributed by atoms with Gasteiger partial charge in [0, 0.05) is 35.7 Å². The highest BCUT2D eigenvalue weighted by atomic mass is 79.9. The molecule has 1 aromatic rings. The summed E-state index contributed by atoms with van der Waals surface area (Å²) in [5.74, 6) is 0.135. The zero-order valence-electron chi connectivity index (χ0n) is 11.1. The average molecular weight is 311 g/mol. The number of carbonyl (C=O) groups is 1. The second-order valence-electron chi connectivity index (χ2n) is 5.07. The van der Waals surface area contributed by atoms with Crippen LogP contribution in [0.15, 0.2) is 22.7 Å². The van der Waals surface area contributed by atoms with Crippen LogP contribution in [-0.2, 0) is 0 Å². The number of aryl methyl sites for hydroxylation is 1. The Morgan fingerprint density at radius 2 is 2.11 bits per heavy atom. The van der Waals surface area contributed by atoms with Gasteiger partial charge in [0.15, 0.2) is 0 Å². The first kappa shape index (κ1) is 13.6. The lowest BCUT2D eigenvalue weighted by Crippen LogP contribution is -2.52. The molecular weight excluding hydrogens is 292 g/mol. The van der Waals surface area contributed by atoms with E-state index in [0.29, 0.717) is 0 Å². The minimum absolute atomic E-state index is 0.135. The molecule has 1 heterocycles. The predicted molar refractivity (Wildman–Crippen MR) is 76.9 cm³/mol. The van der Waals surface area contributed by atoms with Crippen molar-refractivity contribution in [3.63, 3.8) is 0 Å². The molecule has 1 amide bonds. The summed E-state index contributed by atoms with van der Waals surface area (Å²) >= 11 is 3.48. The summed E-state index contributed by atoms with van der Waals surface area (Å²) in [5, 5.41) is 0. The third-order valence-corrected chi connectivity index (χ3v) is 4.36. The van der Waals surface area contributed by atoms with Gasteiger partial charge < -0.3 is 9.80 Å². The van der Waals surface area contributed by atoms with Crippen LogP contribution in [0.1, 0.15) is 22.8 Å². The molecular formula is C14H19BrN2O. The number of carbonyl (C=O) groups excluding carboxylic acids is 1. The highest BCUT2D eigenvalue weighted by Gasteiger charge is 2.26. The van der Waals surface area contributed by atoms with E-state index in [1.165, 1.54) is 0 Å². The first-order chi connectivity index (χ1) is 8.49. The van der Waals surface area contributed by atoms with Crippen molar-refractivity contribution in [1.29, 1.82) is 0 Å². The van der Waals surface area contributed by atoms with E-state index in [4.69, 9.17) is 0 Å². The maximum absolute atomic E-state index is 12.5. The Hall–Kier alpha value is -0.870. The maximum Gasteiger partial charge on any atom is 0.254 e. The molecule has 0 radical (unpaired) electrons. The standard InChI is InChI=1S/C14H19BrN2O/c1-10-4-5-12(8-13(10)15)14(18)17-7-6-16(3)9-11(17)2/h4-5,8,11H,6-7,9H2,1-3H3. The van der Waals surface area contributed by atoms with Crippen molar-refractivity contribution in [3.8, 4) is 0 Å². The third kappa shape index (κ3) is 2.75. The number of benzene rings is 1. The molecule has 0 aromatic heterocycles. The van der Waals surface area contributed by atoms with Gasteiger partial charge in [-0.2, -0.15) is 0 Å². The van der Waals surface area contributed by atoms with Crippen molar-refractivity contribution < 1.29 is 4.79 Å². The summed E-state index contributed by atoms with van der Waals surface area (Å²) in [4.78, 5) is 16.7. The van der Waals surface area contributed by atoms with Crippen molar-refractivity contribution in [2.75, 3.05) is 26.7 Å². The monoisotopic (exact) mass is 310 g/mol. The largest absolute Gasteiger partial charge is 0.333 e. The van der Waals surface area contributed by atoms with Crippen LogP contribution in [0.2, 0.25) is 0 Å². The van der Waals surface area contributed by atoms with Crippen LogP contribution in [0.3, 0.4) is 0 Å². The van der Waals surface area contributed by atoms with E-state index in [0.717, 1.165) is 35.2 Å². The first-order valence-electron chi connectivity index (χ1n) is 6.24. The molecule has 1 aliphatic heterocycles. The number of piperazine rings is 1. The van der Waals surface area contributed by atoms with Gasteiger partial charge in [0.1, 0.15) is 0 Å². The van der Waals surface area contributed by atoms with Crippen molar-refractivity contribution >= 4 is 21.8 Å². The van der Waals surface area contributed by atoms with Crippen LogP contribution in [0.25, 0.3) is 0 Å². The Bertz CT molecular complexity index is 461. The van der Waals surface area contributed by atoms with E-state index in [9.17, 15) is 4.79 Å². The topological polar surface area (TPSA) is 23.6 Å². The Labute approximate surface area is 117 Å². The fraction of sp³-hybridized carbons (Fsp3) is 0.500. The Balaban J connectivity index is 2.18. The molecule has 0 aliphatic carbocycles. The molecule has 98 valence electrons. The summed E-state index contributed by atoms with van der Waals surface area (Å²) in [6, 6.07) is 6.09. The Morgan fingerprint density at radius 3 is 2.72 bits per heavy atom. The molecule has 0 saturated carbocycles. The molecule has 2 rings (SSSR count). The number of halogens is 1. The van der Waals surface area contributed by atoms with Crippen LogP contribution < -0.4 is 0 Å². The van der Waals surface area contributed by atoms with Gasteiger partial charge in [-0.15, -0.1) is 0 Å². The Kier molecular flexibility index (Phi) is 4.07. The predicted octanol–water partition coefficient (Wildman–Crippen LogP) is 2.53. The third-order valence-electron chi connectivity index (χ3n) is 3.51. The summed E-state index contributed by atoms with van der Waals surface area (Å²) < 4.78 is 0.995. The second-order valence-corrected chi connectivity index (χ2v) is 5.93. The summed E-state index contributed by atoms with van der Waals surface area (Å²) in [6.45, 7) is 6.83. The fourth-order valence-corrected chi connectivity index (χ4v) is 2.71. The smallest absolute Gasteiger partial charge is 0.254 e. The van der Waals surface area contributed by atoms with Crippen LogP contribution in [0, 0.1) is 6.92 Å². The van der Waals surface area contributed by atoms with E-state index in [1.807, 2.05) is 30.0 Å². The van der Waals surface area contributed by atoms with Gasteiger partial charge in [-0.3, -0.25) is 4.79 Å². The minimum atomic E-state index is 0.135. The number of nitrogens with zero attached hydrogens (tertiary/aromatic N) is 2. The van der Waals surface area contributed by atoms with E-state index >= 15 is 0 Å². The van der Waals surface area contributed by atoms with Gasteiger partial charge >= 0.3 is 0 Å². The van der Waals surface area contributed by atoms with E-state index in [1.54, 1.807) is 0 Å². The Morgan fingerprint density at radius 1 is 1.39 bits per heavy atom. The molecule has 3 nitrogen and oxygen atoms in total. The molecule has 18 heavy (non-hydrogen) atoms. The lowest BCUT2D eigenvalue weighted by molar-refractivity contribution is 0.0533. The van der Waals surface area contributed by atoms with Gasteiger partial charge in [-0.25, -0.2) is 0 Å². The van der Waals surface area contributed by atoms with Gasteiger partial charge in [0.2, 0.25) is 0 Å². The highest BCUT2D eigenvalue weighted by molar-refractivity contribution is 9.10. The normalized spacial score (nSPS) is 21.1.